The summed E-state index contributed by atoms with van der Waals surface area (Å²) in [5.74, 6) is 0.261. The van der Waals surface area contributed by atoms with Gasteiger partial charge in [-0.3, -0.25) is 9.78 Å². The van der Waals surface area contributed by atoms with Crippen LogP contribution in [0.5, 0.6) is 0 Å². The summed E-state index contributed by atoms with van der Waals surface area (Å²) in [6, 6.07) is 2.07. The van der Waals surface area contributed by atoms with E-state index in [0.717, 1.165) is 36.1 Å². The van der Waals surface area contributed by atoms with E-state index in [1.807, 2.05) is 6.20 Å². The molecule has 0 unspecified atom stereocenters. The van der Waals surface area contributed by atoms with Crippen LogP contribution in [-0.2, 0) is 4.79 Å². The summed E-state index contributed by atoms with van der Waals surface area (Å²) >= 11 is 3.42. The Kier molecular flexibility index (Phi) is 3.99. The number of carbonyl (C=O) groups excluding carboxylic acids is 1. The van der Waals surface area contributed by atoms with E-state index in [1.165, 1.54) is 0 Å². The van der Waals surface area contributed by atoms with Crippen molar-refractivity contribution in [1.29, 1.82) is 0 Å². The molecule has 2 N–H and O–H groups in total. The van der Waals surface area contributed by atoms with E-state index in [0.29, 0.717) is 12.3 Å². The van der Waals surface area contributed by atoms with Crippen molar-refractivity contribution in [2.45, 2.75) is 19.3 Å². The molecule has 0 radical (unpaired) electrons. The van der Waals surface area contributed by atoms with Gasteiger partial charge in [0.1, 0.15) is 0 Å². The molecule has 0 aliphatic carbocycles. The summed E-state index contributed by atoms with van der Waals surface area (Å²) in [4.78, 5) is 17.3. The predicted molar refractivity (Wildman–Crippen MR) is 70.7 cm³/mol. The normalized spacial score (nSPS) is 17.1. The van der Waals surface area contributed by atoms with Gasteiger partial charge in [-0.15, -0.1) is 0 Å². The highest BCUT2D eigenvalue weighted by Gasteiger charge is 2.20. The van der Waals surface area contributed by atoms with Crippen molar-refractivity contribution in [3.63, 3.8) is 0 Å². The van der Waals surface area contributed by atoms with Crippen LogP contribution in [0.1, 0.15) is 19.3 Å². The lowest BCUT2D eigenvalue weighted by molar-refractivity contribution is -0.119. The van der Waals surface area contributed by atoms with Crippen molar-refractivity contribution in [2.75, 3.05) is 18.0 Å². The lowest BCUT2D eigenvalue weighted by Gasteiger charge is -2.33. The van der Waals surface area contributed by atoms with Gasteiger partial charge in [0.05, 0.1) is 11.9 Å². The number of aromatic nitrogens is 1. The Morgan fingerprint density at radius 3 is 2.76 bits per heavy atom. The number of nitrogens with two attached hydrogens (primary N) is 1. The Morgan fingerprint density at radius 1 is 1.47 bits per heavy atom. The van der Waals surface area contributed by atoms with E-state index < -0.39 is 0 Å². The van der Waals surface area contributed by atoms with Crippen LogP contribution in [0.2, 0.25) is 0 Å². The highest BCUT2D eigenvalue weighted by molar-refractivity contribution is 9.10. The van der Waals surface area contributed by atoms with E-state index >= 15 is 0 Å². The topological polar surface area (TPSA) is 59.2 Å². The SMILES string of the molecule is NC(=O)CC1CCN(c2cncc(Br)c2)CC1. The molecule has 4 nitrogen and oxygen atoms in total. The molecule has 1 aromatic heterocycles. The smallest absolute Gasteiger partial charge is 0.217 e. The van der Waals surface area contributed by atoms with Crippen LogP contribution in [0.15, 0.2) is 22.9 Å². The second kappa shape index (κ2) is 5.49. The summed E-state index contributed by atoms with van der Waals surface area (Å²) < 4.78 is 0.995. The summed E-state index contributed by atoms with van der Waals surface area (Å²) in [6.45, 7) is 1.94. The fourth-order valence-corrected chi connectivity index (χ4v) is 2.61. The number of anilines is 1. The number of nitrogens with zero attached hydrogens (tertiary/aromatic N) is 2. The minimum absolute atomic E-state index is 0.187. The lowest BCUT2D eigenvalue weighted by atomic mass is 9.93. The number of hydrogen-bond acceptors (Lipinski definition) is 3. The Labute approximate surface area is 109 Å². The summed E-state index contributed by atoms with van der Waals surface area (Å²) in [5.41, 5.74) is 6.36. The molecule has 5 heteroatoms. The molecule has 92 valence electrons. The molecule has 1 aliphatic heterocycles. The van der Waals surface area contributed by atoms with Gasteiger partial charge >= 0.3 is 0 Å². The summed E-state index contributed by atoms with van der Waals surface area (Å²) in [6.07, 6.45) is 6.22. The Morgan fingerprint density at radius 2 is 2.18 bits per heavy atom. The molecular formula is C12H16BrN3O. The van der Waals surface area contributed by atoms with Crippen LogP contribution in [0.25, 0.3) is 0 Å². The molecule has 2 heterocycles. The van der Waals surface area contributed by atoms with E-state index in [-0.39, 0.29) is 5.91 Å². The molecule has 1 aromatic rings. The van der Waals surface area contributed by atoms with Gasteiger partial charge < -0.3 is 10.6 Å². The maximum Gasteiger partial charge on any atom is 0.217 e. The van der Waals surface area contributed by atoms with Gasteiger partial charge in [0.25, 0.3) is 0 Å². The third-order valence-electron chi connectivity index (χ3n) is 3.16. The molecule has 1 aliphatic rings. The van der Waals surface area contributed by atoms with E-state index in [4.69, 9.17) is 5.73 Å². The highest BCUT2D eigenvalue weighted by atomic mass is 79.9. The van der Waals surface area contributed by atoms with Gasteiger partial charge in [-0.05, 0) is 40.8 Å². The van der Waals surface area contributed by atoms with Crippen LogP contribution in [0, 0.1) is 5.92 Å². The molecule has 0 saturated carbocycles. The first-order valence-corrected chi connectivity index (χ1v) is 6.58. The standard InChI is InChI=1S/C12H16BrN3O/c13-10-6-11(8-15-7-10)16-3-1-9(2-4-16)5-12(14)17/h6-9H,1-5H2,(H2,14,17). The number of piperidine rings is 1. The number of pyridine rings is 1. The average Bonchev–Trinajstić information content (AvgIpc) is 2.29. The van der Waals surface area contributed by atoms with Crippen molar-refractivity contribution < 1.29 is 4.79 Å². The molecule has 0 bridgehead atoms. The third-order valence-corrected chi connectivity index (χ3v) is 3.59. The minimum Gasteiger partial charge on any atom is -0.370 e. The van der Waals surface area contributed by atoms with E-state index in [1.54, 1.807) is 6.20 Å². The lowest BCUT2D eigenvalue weighted by Crippen LogP contribution is -2.35. The van der Waals surface area contributed by atoms with Crippen molar-refractivity contribution >= 4 is 27.5 Å². The summed E-state index contributed by atoms with van der Waals surface area (Å²) in [5, 5.41) is 0. The molecule has 2 rings (SSSR count). The maximum atomic E-state index is 10.9. The number of amides is 1. The first kappa shape index (κ1) is 12.4. The van der Waals surface area contributed by atoms with Crippen molar-refractivity contribution in [3.05, 3.63) is 22.9 Å². The van der Waals surface area contributed by atoms with Crippen molar-refractivity contribution in [3.8, 4) is 0 Å². The van der Waals surface area contributed by atoms with Crippen LogP contribution in [0.3, 0.4) is 0 Å². The van der Waals surface area contributed by atoms with Gasteiger partial charge in [0.15, 0.2) is 0 Å². The quantitative estimate of drug-likeness (QED) is 0.927. The molecule has 1 fully saturated rings. The average molecular weight is 298 g/mol. The van der Waals surface area contributed by atoms with Crippen LogP contribution in [0.4, 0.5) is 5.69 Å². The molecule has 1 saturated heterocycles. The number of primary amides is 1. The molecule has 0 aromatic carbocycles. The zero-order chi connectivity index (χ0) is 12.3. The predicted octanol–water partition coefficient (Wildman–Crippen LogP) is 1.94. The molecule has 0 atom stereocenters. The number of rotatable bonds is 3. The molecular weight excluding hydrogens is 282 g/mol. The molecule has 17 heavy (non-hydrogen) atoms. The van der Waals surface area contributed by atoms with Crippen molar-refractivity contribution in [1.82, 2.24) is 4.98 Å². The van der Waals surface area contributed by atoms with Crippen LogP contribution < -0.4 is 10.6 Å². The van der Waals surface area contributed by atoms with Crippen LogP contribution in [-0.4, -0.2) is 24.0 Å². The van der Waals surface area contributed by atoms with Gasteiger partial charge in [-0.2, -0.15) is 0 Å². The first-order valence-electron chi connectivity index (χ1n) is 5.79. The second-order valence-corrected chi connectivity index (χ2v) is 5.38. The Bertz CT molecular complexity index is 402. The molecule has 0 spiro atoms. The summed E-state index contributed by atoms with van der Waals surface area (Å²) in [7, 11) is 0. The Hall–Kier alpha value is -1.10. The maximum absolute atomic E-state index is 10.9. The first-order chi connectivity index (χ1) is 8.15. The fourth-order valence-electron chi connectivity index (χ4n) is 2.25. The minimum atomic E-state index is -0.187. The largest absolute Gasteiger partial charge is 0.370 e. The number of halogens is 1. The number of carbonyl (C=O) groups is 1. The number of hydrogen-bond donors (Lipinski definition) is 1. The highest BCUT2D eigenvalue weighted by Crippen LogP contribution is 2.26. The van der Waals surface area contributed by atoms with Crippen molar-refractivity contribution in [2.24, 2.45) is 11.7 Å². The van der Waals surface area contributed by atoms with Gasteiger partial charge in [-0.25, -0.2) is 0 Å². The van der Waals surface area contributed by atoms with Gasteiger partial charge in [0.2, 0.25) is 5.91 Å². The van der Waals surface area contributed by atoms with Crippen LogP contribution >= 0.6 is 15.9 Å². The van der Waals surface area contributed by atoms with Gasteiger partial charge in [0, 0.05) is 30.2 Å². The Balaban J connectivity index is 1.93. The zero-order valence-corrected chi connectivity index (χ0v) is 11.2. The monoisotopic (exact) mass is 297 g/mol. The van der Waals surface area contributed by atoms with Gasteiger partial charge in [-0.1, -0.05) is 0 Å². The van der Waals surface area contributed by atoms with E-state index in [9.17, 15) is 4.79 Å². The zero-order valence-electron chi connectivity index (χ0n) is 9.60. The molecule has 1 amide bonds. The third kappa shape index (κ3) is 3.43. The second-order valence-electron chi connectivity index (χ2n) is 4.46. The van der Waals surface area contributed by atoms with E-state index in [2.05, 4.69) is 31.9 Å². The fraction of sp³-hybridized carbons (Fsp3) is 0.500.